The number of rotatable bonds is 10. The monoisotopic (exact) mass is 454 g/mol. The van der Waals surface area contributed by atoms with Gasteiger partial charge in [0.1, 0.15) is 23.7 Å². The van der Waals surface area contributed by atoms with Gasteiger partial charge in [-0.25, -0.2) is 5.01 Å². The Morgan fingerprint density at radius 3 is 2.55 bits per heavy atom. The van der Waals surface area contributed by atoms with Crippen LogP contribution in [0, 0.1) is 6.92 Å². The molecular formula is C24H26N2O7. The molecule has 1 aliphatic rings. The molecule has 0 aromatic heterocycles. The van der Waals surface area contributed by atoms with Gasteiger partial charge in [0.2, 0.25) is 0 Å². The molecule has 0 radical (unpaired) electrons. The van der Waals surface area contributed by atoms with Gasteiger partial charge in [-0.3, -0.25) is 19.8 Å². The number of hydrogen-bond acceptors (Lipinski definition) is 6. The van der Waals surface area contributed by atoms with Gasteiger partial charge in [-0.2, -0.15) is 0 Å². The number of benzene rings is 2. The average Bonchev–Trinajstić information content (AvgIpc) is 3.06. The van der Waals surface area contributed by atoms with E-state index in [1.165, 1.54) is 6.08 Å². The van der Waals surface area contributed by atoms with E-state index in [9.17, 15) is 19.5 Å². The van der Waals surface area contributed by atoms with E-state index in [4.69, 9.17) is 14.6 Å². The first-order chi connectivity index (χ1) is 15.8. The molecule has 1 fully saturated rings. The number of hydrazine groups is 1. The number of aliphatic hydroxyl groups is 1. The Kier molecular flexibility index (Phi) is 7.68. The molecule has 1 atom stereocenters. The third-order valence-electron chi connectivity index (χ3n) is 4.88. The van der Waals surface area contributed by atoms with E-state index in [1.807, 2.05) is 6.92 Å². The van der Waals surface area contributed by atoms with Crippen LogP contribution >= 0.6 is 0 Å². The molecule has 174 valence electrons. The summed E-state index contributed by atoms with van der Waals surface area (Å²) < 4.78 is 11.5. The topological polar surface area (TPSA) is 125 Å². The summed E-state index contributed by atoms with van der Waals surface area (Å²) in [6.45, 7) is 3.92. The molecular weight excluding hydrogens is 428 g/mol. The van der Waals surface area contributed by atoms with Gasteiger partial charge in [0.05, 0.1) is 24.8 Å². The third kappa shape index (κ3) is 5.69. The molecule has 1 aliphatic heterocycles. The average molecular weight is 454 g/mol. The van der Waals surface area contributed by atoms with Crippen LogP contribution in [0.4, 0.5) is 5.69 Å². The van der Waals surface area contributed by atoms with Crippen LogP contribution < -0.4 is 19.9 Å². The van der Waals surface area contributed by atoms with E-state index in [-0.39, 0.29) is 12.2 Å². The van der Waals surface area contributed by atoms with Crippen molar-refractivity contribution in [1.29, 1.82) is 0 Å². The largest absolute Gasteiger partial charge is 0.493 e. The van der Waals surface area contributed by atoms with Crippen molar-refractivity contribution in [3.63, 3.8) is 0 Å². The number of hydrogen-bond donors (Lipinski definition) is 3. The Balaban J connectivity index is 1.94. The first-order valence-electron chi connectivity index (χ1n) is 10.5. The van der Waals surface area contributed by atoms with Gasteiger partial charge in [0.25, 0.3) is 11.8 Å². The van der Waals surface area contributed by atoms with Crippen molar-refractivity contribution in [1.82, 2.24) is 5.43 Å². The molecule has 3 N–H and O–H groups in total. The van der Waals surface area contributed by atoms with Crippen molar-refractivity contribution in [2.75, 3.05) is 18.2 Å². The lowest BCUT2D eigenvalue weighted by molar-refractivity contribution is -0.139. The lowest BCUT2D eigenvalue weighted by atomic mass is 10.0. The molecule has 3 rings (SSSR count). The smallest absolute Gasteiger partial charge is 0.306 e. The number of amides is 2. The number of anilines is 1. The van der Waals surface area contributed by atoms with Crippen LogP contribution in [0.5, 0.6) is 11.5 Å². The zero-order chi connectivity index (χ0) is 24.0. The Labute approximate surface area is 191 Å². The van der Waals surface area contributed by atoms with Crippen molar-refractivity contribution >= 4 is 29.5 Å². The summed E-state index contributed by atoms with van der Waals surface area (Å²) in [7, 11) is 0. The normalized spacial score (nSPS) is 15.5. The molecule has 2 amide bonds. The van der Waals surface area contributed by atoms with Crippen molar-refractivity contribution < 1.29 is 34.1 Å². The summed E-state index contributed by atoms with van der Waals surface area (Å²) in [5, 5.41) is 20.0. The zero-order valence-electron chi connectivity index (χ0n) is 18.4. The number of nitrogens with one attached hydrogen (secondary N) is 1. The van der Waals surface area contributed by atoms with Gasteiger partial charge in [-0.05, 0) is 43.7 Å². The summed E-state index contributed by atoms with van der Waals surface area (Å²) in [6.07, 6.45) is 0.500. The Morgan fingerprint density at radius 2 is 1.88 bits per heavy atom. The number of aliphatic hydroxyl groups excluding tert-OH is 1. The molecule has 0 unspecified atom stereocenters. The van der Waals surface area contributed by atoms with Crippen molar-refractivity contribution in [2.45, 2.75) is 32.8 Å². The molecule has 1 saturated heterocycles. The molecule has 9 nitrogen and oxygen atoms in total. The van der Waals surface area contributed by atoms with Gasteiger partial charge in [-0.15, -0.1) is 0 Å². The lowest BCUT2D eigenvalue weighted by Crippen LogP contribution is -2.35. The van der Waals surface area contributed by atoms with Gasteiger partial charge < -0.3 is 19.7 Å². The fourth-order valence-corrected chi connectivity index (χ4v) is 3.28. The van der Waals surface area contributed by atoms with Crippen LogP contribution in [0.3, 0.4) is 0 Å². The van der Waals surface area contributed by atoms with Gasteiger partial charge in [0.15, 0.2) is 0 Å². The van der Waals surface area contributed by atoms with Crippen molar-refractivity contribution in [2.24, 2.45) is 0 Å². The van der Waals surface area contributed by atoms with Gasteiger partial charge in [0, 0.05) is 11.1 Å². The number of para-hydroxylation sites is 1. The quantitative estimate of drug-likeness (QED) is 0.372. The number of aliphatic carboxylic acids is 1. The van der Waals surface area contributed by atoms with E-state index in [0.29, 0.717) is 34.9 Å². The van der Waals surface area contributed by atoms with Gasteiger partial charge in [-0.1, -0.05) is 25.1 Å². The van der Waals surface area contributed by atoms with E-state index in [2.05, 4.69) is 5.43 Å². The standard InChI is InChI=1S/C24H26N2O7/c1-3-11-32-20-10-9-16(22(15(20)2)33-14-18(27)13-21(28)29)12-19-23(30)25-26(24(19)31)17-7-5-4-6-8-17/h4-10,12,18,27H,3,11,13-14H2,1-2H3,(H,25,30)(H,28,29)/b19-12-/t18-/m1/s1. The summed E-state index contributed by atoms with van der Waals surface area (Å²) in [6, 6.07) is 12.1. The fraction of sp³-hybridized carbons (Fsp3) is 0.292. The molecule has 0 aliphatic carbocycles. The number of carboxylic acids is 1. The minimum atomic E-state index is -1.23. The first-order valence-corrected chi connectivity index (χ1v) is 10.5. The lowest BCUT2D eigenvalue weighted by Gasteiger charge is -2.18. The van der Waals surface area contributed by atoms with Crippen molar-refractivity contribution in [3.05, 3.63) is 59.2 Å². The third-order valence-corrected chi connectivity index (χ3v) is 4.88. The molecule has 1 heterocycles. The summed E-state index contributed by atoms with van der Waals surface area (Å²) in [5.74, 6) is -1.40. The van der Waals surface area contributed by atoms with Crippen LogP contribution in [0.15, 0.2) is 48.0 Å². The number of nitrogens with zero attached hydrogens (tertiary/aromatic N) is 1. The zero-order valence-corrected chi connectivity index (χ0v) is 18.4. The van der Waals surface area contributed by atoms with Crippen molar-refractivity contribution in [3.8, 4) is 11.5 Å². The summed E-state index contributed by atoms with van der Waals surface area (Å²) in [4.78, 5) is 36.3. The molecule has 33 heavy (non-hydrogen) atoms. The number of ether oxygens (including phenoxy) is 2. The molecule has 2 aromatic carbocycles. The molecule has 9 heteroatoms. The number of carbonyl (C=O) groups excluding carboxylic acids is 2. The van der Waals surface area contributed by atoms with Crippen LogP contribution in [0.1, 0.15) is 30.9 Å². The molecule has 0 bridgehead atoms. The Hall–Kier alpha value is -3.85. The van der Waals surface area contributed by atoms with E-state index in [0.717, 1.165) is 11.4 Å². The highest BCUT2D eigenvalue weighted by Gasteiger charge is 2.34. The summed E-state index contributed by atoms with van der Waals surface area (Å²) in [5.41, 5.74) is 4.00. The van der Waals surface area contributed by atoms with E-state index < -0.39 is 30.3 Å². The molecule has 0 spiro atoms. The molecule has 2 aromatic rings. The minimum absolute atomic E-state index is 0.0867. The Morgan fingerprint density at radius 1 is 1.15 bits per heavy atom. The van der Waals surface area contributed by atoms with Gasteiger partial charge >= 0.3 is 5.97 Å². The highest BCUT2D eigenvalue weighted by Crippen LogP contribution is 2.34. The Bertz CT molecular complexity index is 1070. The van der Waals surface area contributed by atoms with Crippen LogP contribution in [-0.4, -0.2) is 47.3 Å². The molecule has 0 saturated carbocycles. The van der Waals surface area contributed by atoms with Crippen LogP contribution in [0.25, 0.3) is 6.08 Å². The second kappa shape index (κ2) is 10.6. The highest BCUT2D eigenvalue weighted by atomic mass is 16.5. The predicted molar refractivity (Wildman–Crippen MR) is 121 cm³/mol. The second-order valence-electron chi connectivity index (χ2n) is 7.49. The SMILES string of the molecule is CCCOc1ccc(/C=C2/C(=O)NN(c3ccccc3)C2=O)c(OC[C@H](O)CC(=O)O)c1C. The fourth-order valence-electron chi connectivity index (χ4n) is 3.28. The van der Waals surface area contributed by atoms with Crippen LogP contribution in [-0.2, 0) is 14.4 Å². The maximum atomic E-state index is 12.9. The first kappa shape index (κ1) is 23.8. The van der Waals surface area contributed by atoms with Crippen LogP contribution in [0.2, 0.25) is 0 Å². The maximum absolute atomic E-state index is 12.9. The second-order valence-corrected chi connectivity index (χ2v) is 7.49. The maximum Gasteiger partial charge on any atom is 0.306 e. The highest BCUT2D eigenvalue weighted by molar-refractivity contribution is 6.31. The number of carbonyl (C=O) groups is 3. The summed E-state index contributed by atoms with van der Waals surface area (Å²) >= 11 is 0. The predicted octanol–water partition coefficient (Wildman–Crippen LogP) is 2.46. The number of carboxylic acid groups (broad SMARTS) is 1. The van der Waals surface area contributed by atoms with E-state index >= 15 is 0 Å². The van der Waals surface area contributed by atoms with E-state index in [1.54, 1.807) is 49.4 Å². The minimum Gasteiger partial charge on any atom is -0.493 e.